The molecule has 0 aromatic heterocycles. The molecule has 5 nitrogen and oxygen atoms in total. The van der Waals surface area contributed by atoms with Gasteiger partial charge in [-0.15, -0.1) is 0 Å². The molecule has 0 saturated heterocycles. The molecule has 1 saturated carbocycles. The molecule has 2 aliphatic rings. The molecule has 0 amide bonds. The molecule has 4 atom stereocenters. The number of carbonyl (C=O) groups is 1. The van der Waals surface area contributed by atoms with E-state index in [1.54, 1.807) is 6.07 Å². The topological polar surface area (TPSA) is 76.0 Å². The number of alkyl halides is 5. The van der Waals surface area contributed by atoms with Crippen LogP contribution in [-0.2, 0) is 11.0 Å². The van der Waals surface area contributed by atoms with Crippen LogP contribution in [0.25, 0.3) is 0 Å². The standard InChI is InChI=1S/C19H13F5O5/c20-18(21)29-12-5-7(19(22,23)24)1-4-11(12)28-8-2-3-9-10(6-8)16(25)14-13(9)15(14)17(26)27/h1-6,13-16,18,25H,(H,26,27)/t13-,14+,15+,16?/m0/s1. The lowest BCUT2D eigenvalue weighted by Gasteiger charge is -2.16. The van der Waals surface area contributed by atoms with Gasteiger partial charge in [0.1, 0.15) is 5.75 Å². The van der Waals surface area contributed by atoms with Gasteiger partial charge in [-0.05, 0) is 41.5 Å². The first-order valence-corrected chi connectivity index (χ1v) is 8.46. The molecule has 2 aliphatic carbocycles. The number of aliphatic hydroxyl groups excluding tert-OH is 1. The summed E-state index contributed by atoms with van der Waals surface area (Å²) < 4.78 is 73.3. The van der Waals surface area contributed by atoms with Gasteiger partial charge in [-0.3, -0.25) is 4.79 Å². The van der Waals surface area contributed by atoms with Gasteiger partial charge in [0.25, 0.3) is 0 Å². The molecule has 154 valence electrons. The summed E-state index contributed by atoms with van der Waals surface area (Å²) in [6.45, 7) is -3.36. The van der Waals surface area contributed by atoms with E-state index in [2.05, 4.69) is 4.74 Å². The Labute approximate surface area is 160 Å². The Hall–Kier alpha value is -2.88. The minimum Gasteiger partial charge on any atom is -0.481 e. The third kappa shape index (κ3) is 3.37. The van der Waals surface area contributed by atoms with Crippen molar-refractivity contribution in [2.75, 3.05) is 0 Å². The molecule has 10 heteroatoms. The van der Waals surface area contributed by atoms with E-state index in [4.69, 9.17) is 9.84 Å². The summed E-state index contributed by atoms with van der Waals surface area (Å²) in [5.41, 5.74) is -0.0818. The number of fused-ring (bicyclic) bond motifs is 3. The molecule has 2 aromatic rings. The number of aliphatic carboxylic acids is 1. The summed E-state index contributed by atoms with van der Waals surface area (Å²) in [6.07, 6.45) is -5.78. The summed E-state index contributed by atoms with van der Waals surface area (Å²) in [6, 6.07) is 6.34. The van der Waals surface area contributed by atoms with Crippen molar-refractivity contribution in [3.05, 3.63) is 53.1 Å². The zero-order chi connectivity index (χ0) is 21.1. The second kappa shape index (κ2) is 6.58. The fourth-order valence-electron chi connectivity index (χ4n) is 3.91. The second-order valence-electron chi connectivity index (χ2n) is 6.84. The van der Waals surface area contributed by atoms with Crippen molar-refractivity contribution in [2.45, 2.75) is 24.8 Å². The average molecular weight is 416 g/mol. The predicted molar refractivity (Wildman–Crippen MR) is 86.9 cm³/mol. The Morgan fingerprint density at radius 1 is 1.03 bits per heavy atom. The molecule has 0 heterocycles. The number of hydrogen-bond acceptors (Lipinski definition) is 4. The maximum absolute atomic E-state index is 12.8. The number of rotatable bonds is 5. The zero-order valence-electron chi connectivity index (χ0n) is 14.4. The van der Waals surface area contributed by atoms with Crippen LogP contribution < -0.4 is 9.47 Å². The van der Waals surface area contributed by atoms with E-state index >= 15 is 0 Å². The average Bonchev–Trinajstić information content (AvgIpc) is 3.30. The highest BCUT2D eigenvalue weighted by atomic mass is 19.4. The van der Waals surface area contributed by atoms with Gasteiger partial charge in [-0.25, -0.2) is 0 Å². The van der Waals surface area contributed by atoms with Crippen LogP contribution in [0.3, 0.4) is 0 Å². The highest BCUT2D eigenvalue weighted by molar-refractivity contribution is 5.78. The number of halogens is 5. The molecule has 0 spiro atoms. The molecule has 4 rings (SSSR count). The van der Waals surface area contributed by atoms with Crippen molar-refractivity contribution in [3.8, 4) is 17.2 Å². The van der Waals surface area contributed by atoms with Crippen molar-refractivity contribution in [3.63, 3.8) is 0 Å². The predicted octanol–water partition coefficient (Wildman–Crippen LogP) is 4.56. The van der Waals surface area contributed by atoms with Gasteiger partial charge in [0, 0.05) is 11.8 Å². The van der Waals surface area contributed by atoms with Crippen molar-refractivity contribution in [1.82, 2.24) is 0 Å². The van der Waals surface area contributed by atoms with E-state index in [1.807, 2.05) is 0 Å². The molecule has 0 bridgehead atoms. The third-order valence-corrected chi connectivity index (χ3v) is 5.18. The number of hydrogen-bond donors (Lipinski definition) is 2. The largest absolute Gasteiger partial charge is 0.481 e. The second-order valence-corrected chi connectivity index (χ2v) is 6.84. The maximum atomic E-state index is 12.8. The SMILES string of the molecule is O=C(O)[C@@H]1[C@H]2c3ccc(Oc4ccc(C(F)(F)F)cc4OC(F)F)cc3C(O)[C@@H]12. The third-order valence-electron chi connectivity index (χ3n) is 5.18. The van der Waals surface area contributed by atoms with E-state index < -0.39 is 48.0 Å². The number of carboxylic acids is 1. The molecule has 2 N–H and O–H groups in total. The van der Waals surface area contributed by atoms with Crippen molar-refractivity contribution in [1.29, 1.82) is 0 Å². The molecule has 1 unspecified atom stereocenters. The molecule has 1 fully saturated rings. The van der Waals surface area contributed by atoms with Crippen LogP contribution in [0.1, 0.15) is 28.7 Å². The Balaban J connectivity index is 1.62. The summed E-state index contributed by atoms with van der Waals surface area (Å²) in [4.78, 5) is 11.2. The Morgan fingerprint density at radius 2 is 1.76 bits per heavy atom. The molecule has 0 radical (unpaired) electrons. The summed E-state index contributed by atoms with van der Waals surface area (Å²) >= 11 is 0. The van der Waals surface area contributed by atoms with Crippen molar-refractivity contribution in [2.24, 2.45) is 11.8 Å². The fourth-order valence-corrected chi connectivity index (χ4v) is 3.91. The van der Waals surface area contributed by atoms with Gasteiger partial charge >= 0.3 is 18.8 Å². The normalized spacial score (nSPS) is 24.8. The number of carboxylic acid groups (broad SMARTS) is 1. The molecule has 2 aromatic carbocycles. The van der Waals surface area contributed by atoms with Crippen LogP contribution in [0.5, 0.6) is 17.2 Å². The van der Waals surface area contributed by atoms with E-state index in [9.17, 15) is 31.9 Å². The van der Waals surface area contributed by atoms with E-state index in [0.29, 0.717) is 23.3 Å². The fraction of sp³-hybridized carbons (Fsp3) is 0.316. The lowest BCUT2D eigenvalue weighted by Crippen LogP contribution is -2.09. The van der Waals surface area contributed by atoms with Crippen molar-refractivity contribution < 1.29 is 46.4 Å². The number of ether oxygens (including phenoxy) is 2. The highest BCUT2D eigenvalue weighted by Crippen LogP contribution is 2.66. The molecular weight excluding hydrogens is 403 g/mol. The first-order valence-electron chi connectivity index (χ1n) is 8.46. The van der Waals surface area contributed by atoms with Crippen LogP contribution in [0.4, 0.5) is 22.0 Å². The Morgan fingerprint density at radius 3 is 2.38 bits per heavy atom. The van der Waals surface area contributed by atoms with Gasteiger partial charge in [-0.1, -0.05) is 6.07 Å². The van der Waals surface area contributed by atoms with Crippen LogP contribution in [0, 0.1) is 11.8 Å². The van der Waals surface area contributed by atoms with Gasteiger partial charge < -0.3 is 19.7 Å². The minimum atomic E-state index is -4.75. The molecule has 0 aliphatic heterocycles. The Kier molecular flexibility index (Phi) is 4.41. The smallest absolute Gasteiger partial charge is 0.416 e. The minimum absolute atomic E-state index is 0.0786. The van der Waals surface area contributed by atoms with Gasteiger partial charge in [0.05, 0.1) is 17.6 Å². The van der Waals surface area contributed by atoms with Gasteiger partial charge in [0.15, 0.2) is 11.5 Å². The monoisotopic (exact) mass is 416 g/mol. The lowest BCUT2D eigenvalue weighted by atomic mass is 10.00. The van der Waals surface area contributed by atoms with Crippen LogP contribution >= 0.6 is 0 Å². The van der Waals surface area contributed by atoms with Crippen LogP contribution in [-0.4, -0.2) is 22.8 Å². The van der Waals surface area contributed by atoms with E-state index in [1.165, 1.54) is 12.1 Å². The van der Waals surface area contributed by atoms with Crippen LogP contribution in [0.2, 0.25) is 0 Å². The van der Waals surface area contributed by atoms with Gasteiger partial charge in [-0.2, -0.15) is 22.0 Å². The summed E-state index contributed by atoms with van der Waals surface area (Å²) in [7, 11) is 0. The van der Waals surface area contributed by atoms with Crippen molar-refractivity contribution >= 4 is 5.97 Å². The van der Waals surface area contributed by atoms with E-state index in [0.717, 1.165) is 6.07 Å². The quantitative estimate of drug-likeness (QED) is 0.699. The zero-order valence-corrected chi connectivity index (χ0v) is 14.4. The first-order chi connectivity index (χ1) is 13.6. The van der Waals surface area contributed by atoms with Crippen LogP contribution in [0.15, 0.2) is 36.4 Å². The van der Waals surface area contributed by atoms with Gasteiger partial charge in [0.2, 0.25) is 0 Å². The highest BCUT2D eigenvalue weighted by Gasteiger charge is 2.64. The lowest BCUT2D eigenvalue weighted by molar-refractivity contribution is -0.139. The number of aliphatic hydroxyl groups is 1. The molecule has 29 heavy (non-hydrogen) atoms. The summed E-state index contributed by atoms with van der Waals surface area (Å²) in [5, 5.41) is 19.5. The maximum Gasteiger partial charge on any atom is 0.416 e. The Bertz CT molecular complexity index is 974. The summed E-state index contributed by atoms with van der Waals surface area (Å²) in [5.74, 6) is -3.48. The van der Waals surface area contributed by atoms with E-state index in [-0.39, 0.29) is 17.4 Å². The number of benzene rings is 2. The molecular formula is C19H13F5O5. The first kappa shape index (κ1) is 19.4.